The van der Waals surface area contributed by atoms with E-state index >= 15 is 0 Å². The zero-order valence-electron chi connectivity index (χ0n) is 15.3. The zero-order chi connectivity index (χ0) is 17.2. The highest BCUT2D eigenvalue weighted by Gasteiger charge is 2.53. The molecule has 132 valence electrons. The van der Waals surface area contributed by atoms with Crippen LogP contribution in [0.3, 0.4) is 0 Å². The first kappa shape index (κ1) is 15.6. The van der Waals surface area contributed by atoms with E-state index in [1.807, 2.05) is 6.92 Å². The van der Waals surface area contributed by atoms with E-state index < -0.39 is 0 Å². The summed E-state index contributed by atoms with van der Waals surface area (Å²) in [7, 11) is 0. The van der Waals surface area contributed by atoms with Crippen LogP contribution in [0, 0.1) is 31.6 Å². The molecule has 0 saturated heterocycles. The van der Waals surface area contributed by atoms with Crippen LogP contribution in [0.2, 0.25) is 0 Å². The second-order valence-corrected chi connectivity index (χ2v) is 9.16. The highest BCUT2D eigenvalue weighted by Crippen LogP contribution is 2.54. The van der Waals surface area contributed by atoms with Crippen molar-refractivity contribution in [3.63, 3.8) is 0 Å². The van der Waals surface area contributed by atoms with Gasteiger partial charge in [0.2, 0.25) is 0 Å². The molecule has 4 fully saturated rings. The molecule has 2 aromatic rings. The highest BCUT2D eigenvalue weighted by atomic mass is 16.4. The Morgan fingerprint density at radius 3 is 2.36 bits per heavy atom. The van der Waals surface area contributed by atoms with Gasteiger partial charge in [0, 0.05) is 36.3 Å². The molecular formula is C22H28NO2+. The molecule has 4 saturated carbocycles. The monoisotopic (exact) mass is 338 g/mol. The van der Waals surface area contributed by atoms with Crippen molar-refractivity contribution >= 4 is 11.0 Å². The lowest BCUT2D eigenvalue weighted by Gasteiger charge is -2.54. The first-order valence-corrected chi connectivity index (χ1v) is 9.89. The van der Waals surface area contributed by atoms with Crippen molar-refractivity contribution in [1.29, 1.82) is 0 Å². The lowest BCUT2D eigenvalue weighted by atomic mass is 9.53. The van der Waals surface area contributed by atoms with E-state index in [4.69, 9.17) is 4.42 Å². The Labute approximate surface area is 148 Å². The average molecular weight is 338 g/mol. The molecule has 4 aliphatic rings. The van der Waals surface area contributed by atoms with Crippen molar-refractivity contribution in [3.8, 4) is 0 Å². The summed E-state index contributed by atoms with van der Waals surface area (Å²) in [5.41, 5.74) is 4.42. The Morgan fingerprint density at radius 1 is 1.08 bits per heavy atom. The first-order chi connectivity index (χ1) is 12.0. The Kier molecular flexibility index (Phi) is 3.40. The Balaban J connectivity index is 1.47. The molecule has 2 N–H and O–H groups in total. The largest absolute Gasteiger partial charge is 0.422 e. The summed E-state index contributed by atoms with van der Waals surface area (Å²) in [6.07, 6.45) is 8.58. The predicted octanol–water partition coefficient (Wildman–Crippen LogP) is 3.44. The van der Waals surface area contributed by atoms with Crippen LogP contribution in [0.25, 0.3) is 11.0 Å². The second-order valence-electron chi connectivity index (χ2n) is 9.16. The summed E-state index contributed by atoms with van der Waals surface area (Å²) in [6, 6.07) is 5.99. The number of aryl methyl sites for hydroxylation is 2. The topological polar surface area (TPSA) is 46.8 Å². The Bertz CT molecular complexity index is 859. The third-order valence-electron chi connectivity index (χ3n) is 7.36. The molecule has 25 heavy (non-hydrogen) atoms. The van der Waals surface area contributed by atoms with Crippen molar-refractivity contribution in [2.24, 2.45) is 17.8 Å². The van der Waals surface area contributed by atoms with Crippen LogP contribution in [0.15, 0.2) is 27.4 Å². The zero-order valence-corrected chi connectivity index (χ0v) is 15.3. The number of hydrogen-bond acceptors (Lipinski definition) is 2. The molecule has 4 bridgehead atoms. The van der Waals surface area contributed by atoms with Gasteiger partial charge in [-0.3, -0.25) is 0 Å². The van der Waals surface area contributed by atoms with Gasteiger partial charge in [0.05, 0.1) is 5.54 Å². The van der Waals surface area contributed by atoms with Gasteiger partial charge in [-0.15, -0.1) is 0 Å². The van der Waals surface area contributed by atoms with Crippen molar-refractivity contribution in [1.82, 2.24) is 0 Å². The van der Waals surface area contributed by atoms with E-state index in [0.717, 1.165) is 46.4 Å². The van der Waals surface area contributed by atoms with Gasteiger partial charge >= 0.3 is 5.63 Å². The van der Waals surface area contributed by atoms with Gasteiger partial charge in [-0.1, -0.05) is 12.1 Å². The molecule has 3 nitrogen and oxygen atoms in total. The van der Waals surface area contributed by atoms with Crippen LogP contribution in [0.1, 0.15) is 55.2 Å². The number of hydrogen-bond donors (Lipinski definition) is 1. The third-order valence-corrected chi connectivity index (χ3v) is 7.36. The normalized spacial score (nSPS) is 33.3. The molecule has 0 spiro atoms. The quantitative estimate of drug-likeness (QED) is 0.872. The van der Waals surface area contributed by atoms with E-state index in [9.17, 15) is 4.79 Å². The Hall–Kier alpha value is -1.61. The maximum atomic E-state index is 12.1. The summed E-state index contributed by atoms with van der Waals surface area (Å²) in [4.78, 5) is 12.1. The molecule has 0 atom stereocenters. The maximum Gasteiger partial charge on any atom is 0.336 e. The molecule has 6 rings (SSSR count). The molecule has 0 radical (unpaired) electrons. The van der Waals surface area contributed by atoms with Crippen LogP contribution in [0.4, 0.5) is 0 Å². The van der Waals surface area contributed by atoms with Crippen molar-refractivity contribution in [2.75, 3.05) is 0 Å². The SMILES string of the molecule is Cc1ccc2c(C[NH2+]C34CC5CC(CC(C5)C3)C4)cc(=O)oc2c1C. The molecule has 4 aliphatic carbocycles. The molecule has 0 amide bonds. The second kappa shape index (κ2) is 5.44. The maximum absolute atomic E-state index is 12.1. The van der Waals surface area contributed by atoms with E-state index in [1.165, 1.54) is 44.1 Å². The summed E-state index contributed by atoms with van der Waals surface area (Å²) in [6.45, 7) is 5.02. The molecule has 0 aliphatic heterocycles. The third kappa shape index (κ3) is 2.55. The predicted molar refractivity (Wildman–Crippen MR) is 98.5 cm³/mol. The van der Waals surface area contributed by atoms with Crippen molar-refractivity contribution in [2.45, 2.75) is 64.5 Å². The van der Waals surface area contributed by atoms with Crippen LogP contribution < -0.4 is 10.9 Å². The summed E-state index contributed by atoms with van der Waals surface area (Å²) >= 11 is 0. The molecule has 1 heterocycles. The lowest BCUT2D eigenvalue weighted by Crippen LogP contribution is -2.97. The minimum absolute atomic E-state index is 0.213. The fourth-order valence-electron chi connectivity index (χ4n) is 6.45. The van der Waals surface area contributed by atoms with Gasteiger partial charge in [-0.05, 0) is 62.0 Å². The molecule has 0 unspecified atom stereocenters. The van der Waals surface area contributed by atoms with Crippen LogP contribution in [-0.4, -0.2) is 5.54 Å². The van der Waals surface area contributed by atoms with E-state index in [2.05, 4.69) is 24.4 Å². The van der Waals surface area contributed by atoms with Gasteiger partial charge in [-0.2, -0.15) is 0 Å². The minimum Gasteiger partial charge on any atom is -0.422 e. The molecule has 3 heteroatoms. The fourth-order valence-corrected chi connectivity index (χ4v) is 6.45. The van der Waals surface area contributed by atoms with Gasteiger partial charge in [-0.25, -0.2) is 4.79 Å². The van der Waals surface area contributed by atoms with Crippen molar-refractivity contribution < 1.29 is 9.73 Å². The standard InChI is InChI=1S/C22H27NO2/c1-13-3-4-19-18(8-20(24)25-21(19)14(13)2)12-23-22-9-15-5-16(10-22)7-17(6-15)11-22/h3-4,8,15-17,23H,5-7,9-12H2,1-2H3/p+1. The Morgan fingerprint density at radius 2 is 1.72 bits per heavy atom. The smallest absolute Gasteiger partial charge is 0.336 e. The summed E-state index contributed by atoms with van der Waals surface area (Å²) in [5.74, 6) is 2.89. The lowest BCUT2D eigenvalue weighted by molar-refractivity contribution is -0.752. The van der Waals surface area contributed by atoms with E-state index in [1.54, 1.807) is 6.07 Å². The van der Waals surface area contributed by atoms with Gasteiger partial charge in [0.1, 0.15) is 12.1 Å². The number of quaternary nitrogens is 1. The van der Waals surface area contributed by atoms with E-state index in [0.29, 0.717) is 5.54 Å². The molecular weight excluding hydrogens is 310 g/mol. The number of nitrogens with two attached hydrogens (primary N) is 1. The van der Waals surface area contributed by atoms with Gasteiger partial charge in [0.25, 0.3) is 0 Å². The first-order valence-electron chi connectivity index (χ1n) is 9.89. The average Bonchev–Trinajstić information content (AvgIpc) is 2.55. The summed E-state index contributed by atoms with van der Waals surface area (Å²) < 4.78 is 5.54. The number of fused-ring (bicyclic) bond motifs is 1. The summed E-state index contributed by atoms with van der Waals surface area (Å²) in [5, 5.41) is 3.70. The molecule has 1 aromatic heterocycles. The van der Waals surface area contributed by atoms with Gasteiger partial charge < -0.3 is 9.73 Å². The van der Waals surface area contributed by atoms with Gasteiger partial charge in [0.15, 0.2) is 0 Å². The number of benzene rings is 1. The highest BCUT2D eigenvalue weighted by molar-refractivity contribution is 5.83. The fraction of sp³-hybridized carbons (Fsp3) is 0.591. The van der Waals surface area contributed by atoms with Crippen LogP contribution in [-0.2, 0) is 6.54 Å². The minimum atomic E-state index is -0.213. The number of rotatable bonds is 3. The van der Waals surface area contributed by atoms with E-state index in [-0.39, 0.29) is 5.63 Å². The van der Waals surface area contributed by atoms with Crippen molar-refractivity contribution in [3.05, 3.63) is 45.3 Å². The van der Waals surface area contributed by atoms with Crippen LogP contribution >= 0.6 is 0 Å². The molecule has 1 aromatic carbocycles. The van der Waals surface area contributed by atoms with Crippen LogP contribution in [0.5, 0.6) is 0 Å².